The van der Waals surface area contributed by atoms with Gasteiger partial charge in [-0.3, -0.25) is 0 Å². The zero-order valence-electron chi connectivity index (χ0n) is 10.6. The van der Waals surface area contributed by atoms with Gasteiger partial charge in [-0.05, 0) is 52.3 Å². The molecule has 3 N–H and O–H groups in total. The molecule has 0 spiro atoms. The standard InChI is InChI=1S/C14H12BrClN2O2/c1-20-14(19)8-2-5-12(17)13(6-8)18-9-3-4-10(15)11(16)7-9/h2-7,18H,17H2,1H3. The molecule has 0 aliphatic rings. The highest BCUT2D eigenvalue weighted by atomic mass is 79.9. The number of hydrogen-bond donors (Lipinski definition) is 2. The molecule has 0 fully saturated rings. The number of nitrogens with two attached hydrogens (primary N) is 1. The van der Waals surface area contributed by atoms with Crippen molar-refractivity contribution in [1.82, 2.24) is 0 Å². The molecule has 0 aromatic heterocycles. The molecule has 2 aromatic carbocycles. The van der Waals surface area contributed by atoms with Crippen LogP contribution in [0.3, 0.4) is 0 Å². The number of esters is 1. The molecule has 20 heavy (non-hydrogen) atoms. The van der Waals surface area contributed by atoms with Crippen molar-refractivity contribution in [3.63, 3.8) is 0 Å². The number of rotatable bonds is 3. The summed E-state index contributed by atoms with van der Waals surface area (Å²) >= 11 is 9.36. The number of hydrogen-bond acceptors (Lipinski definition) is 4. The van der Waals surface area contributed by atoms with Crippen molar-refractivity contribution in [2.24, 2.45) is 0 Å². The number of anilines is 3. The van der Waals surface area contributed by atoms with E-state index >= 15 is 0 Å². The number of nitrogen functional groups attached to an aromatic ring is 1. The summed E-state index contributed by atoms with van der Waals surface area (Å²) in [5.74, 6) is -0.415. The van der Waals surface area contributed by atoms with Gasteiger partial charge in [-0.15, -0.1) is 0 Å². The second-order valence-electron chi connectivity index (χ2n) is 4.05. The summed E-state index contributed by atoms with van der Waals surface area (Å²) in [5, 5.41) is 3.70. The predicted octanol–water partition coefficient (Wildman–Crippen LogP) is 4.21. The van der Waals surface area contributed by atoms with Crippen molar-refractivity contribution < 1.29 is 9.53 Å². The molecule has 0 saturated carbocycles. The van der Waals surface area contributed by atoms with Gasteiger partial charge >= 0.3 is 5.97 Å². The Morgan fingerprint density at radius 1 is 1.30 bits per heavy atom. The van der Waals surface area contributed by atoms with Crippen LogP contribution in [-0.2, 0) is 4.74 Å². The minimum atomic E-state index is -0.415. The van der Waals surface area contributed by atoms with Crippen molar-refractivity contribution >= 4 is 50.6 Å². The minimum Gasteiger partial charge on any atom is -0.465 e. The third-order valence-corrected chi connectivity index (χ3v) is 3.91. The highest BCUT2D eigenvalue weighted by Gasteiger charge is 2.09. The highest BCUT2D eigenvalue weighted by molar-refractivity contribution is 9.10. The predicted molar refractivity (Wildman–Crippen MR) is 84.6 cm³/mol. The summed E-state index contributed by atoms with van der Waals surface area (Å²) in [4.78, 5) is 11.5. The van der Waals surface area contributed by atoms with Gasteiger partial charge in [0.15, 0.2) is 0 Å². The van der Waals surface area contributed by atoms with E-state index in [-0.39, 0.29) is 0 Å². The first-order chi connectivity index (χ1) is 9.51. The quantitative estimate of drug-likeness (QED) is 0.639. The smallest absolute Gasteiger partial charge is 0.337 e. The molecule has 0 bridgehead atoms. The summed E-state index contributed by atoms with van der Waals surface area (Å²) in [6.07, 6.45) is 0. The fourth-order valence-corrected chi connectivity index (χ4v) is 2.07. The van der Waals surface area contributed by atoms with Crippen LogP contribution < -0.4 is 11.1 Å². The fraction of sp³-hybridized carbons (Fsp3) is 0.0714. The molecule has 0 atom stereocenters. The number of ether oxygens (including phenoxy) is 1. The molecule has 2 aromatic rings. The Hall–Kier alpha value is -1.72. The number of methoxy groups -OCH3 is 1. The minimum absolute atomic E-state index is 0.415. The van der Waals surface area contributed by atoms with E-state index in [9.17, 15) is 4.79 Å². The Morgan fingerprint density at radius 2 is 2.05 bits per heavy atom. The van der Waals surface area contributed by atoms with Gasteiger partial charge in [0, 0.05) is 10.2 Å². The summed E-state index contributed by atoms with van der Waals surface area (Å²) in [6, 6.07) is 10.3. The molecule has 0 aliphatic carbocycles. The molecule has 104 valence electrons. The topological polar surface area (TPSA) is 64.3 Å². The van der Waals surface area contributed by atoms with Crippen LogP contribution in [0.25, 0.3) is 0 Å². The molecule has 4 nitrogen and oxygen atoms in total. The molecule has 6 heteroatoms. The van der Waals surface area contributed by atoms with E-state index in [0.717, 1.165) is 10.2 Å². The molecule has 0 amide bonds. The van der Waals surface area contributed by atoms with E-state index in [1.165, 1.54) is 7.11 Å². The SMILES string of the molecule is COC(=O)c1ccc(N)c(Nc2ccc(Br)c(Cl)c2)c1. The largest absolute Gasteiger partial charge is 0.465 e. The molecule has 0 aliphatic heterocycles. The van der Waals surface area contributed by atoms with Gasteiger partial charge in [-0.2, -0.15) is 0 Å². The Morgan fingerprint density at radius 3 is 2.70 bits per heavy atom. The molecule has 0 saturated heterocycles. The Kier molecular flexibility index (Phi) is 4.52. The van der Waals surface area contributed by atoms with Gasteiger partial charge in [0.2, 0.25) is 0 Å². The van der Waals surface area contributed by atoms with Crippen molar-refractivity contribution in [2.45, 2.75) is 0 Å². The third kappa shape index (κ3) is 3.23. The lowest BCUT2D eigenvalue weighted by molar-refractivity contribution is 0.0601. The van der Waals surface area contributed by atoms with Crippen LogP contribution in [0.15, 0.2) is 40.9 Å². The molecule has 0 radical (unpaired) electrons. The number of carbonyl (C=O) groups excluding carboxylic acids is 1. The number of carbonyl (C=O) groups is 1. The van der Waals surface area contributed by atoms with Crippen molar-refractivity contribution in [1.29, 1.82) is 0 Å². The molecular formula is C14H12BrClN2O2. The monoisotopic (exact) mass is 354 g/mol. The summed E-state index contributed by atoms with van der Waals surface area (Å²) in [6.45, 7) is 0. The van der Waals surface area contributed by atoms with Crippen molar-refractivity contribution in [3.05, 3.63) is 51.5 Å². The van der Waals surface area contributed by atoms with Gasteiger partial charge in [0.25, 0.3) is 0 Å². The lowest BCUT2D eigenvalue weighted by Crippen LogP contribution is -2.04. The van der Waals surface area contributed by atoms with E-state index in [0.29, 0.717) is 22.0 Å². The summed E-state index contributed by atoms with van der Waals surface area (Å²) in [5.41, 5.74) is 8.23. The Bertz CT molecular complexity index is 662. The summed E-state index contributed by atoms with van der Waals surface area (Å²) < 4.78 is 5.49. The lowest BCUT2D eigenvalue weighted by Gasteiger charge is -2.11. The molecular weight excluding hydrogens is 344 g/mol. The fourth-order valence-electron chi connectivity index (χ4n) is 1.64. The van der Waals surface area contributed by atoms with Gasteiger partial charge in [0.1, 0.15) is 0 Å². The zero-order chi connectivity index (χ0) is 14.7. The average Bonchev–Trinajstić information content (AvgIpc) is 2.44. The summed E-state index contributed by atoms with van der Waals surface area (Å²) in [7, 11) is 1.33. The molecule has 0 unspecified atom stereocenters. The van der Waals surface area contributed by atoms with Crippen LogP contribution in [-0.4, -0.2) is 13.1 Å². The van der Waals surface area contributed by atoms with E-state index in [2.05, 4.69) is 26.0 Å². The van der Waals surface area contributed by atoms with E-state index in [4.69, 9.17) is 17.3 Å². The van der Waals surface area contributed by atoms with Gasteiger partial charge in [-0.1, -0.05) is 11.6 Å². The van der Waals surface area contributed by atoms with Gasteiger partial charge < -0.3 is 15.8 Å². The van der Waals surface area contributed by atoms with E-state index in [1.54, 1.807) is 24.3 Å². The van der Waals surface area contributed by atoms with Gasteiger partial charge in [0.05, 0.1) is 29.1 Å². The maximum atomic E-state index is 11.5. The number of benzene rings is 2. The third-order valence-electron chi connectivity index (χ3n) is 2.67. The number of halogens is 2. The molecule has 0 heterocycles. The van der Waals surface area contributed by atoms with Crippen LogP contribution in [0.5, 0.6) is 0 Å². The first-order valence-corrected chi connectivity index (χ1v) is 6.88. The second kappa shape index (κ2) is 6.15. The Balaban J connectivity index is 2.32. The number of nitrogens with one attached hydrogen (secondary N) is 1. The van der Waals surface area contributed by atoms with Crippen molar-refractivity contribution in [3.8, 4) is 0 Å². The van der Waals surface area contributed by atoms with Crippen LogP contribution in [0.4, 0.5) is 17.1 Å². The average molecular weight is 356 g/mol. The first-order valence-electron chi connectivity index (χ1n) is 5.71. The molecule has 2 rings (SSSR count). The highest BCUT2D eigenvalue weighted by Crippen LogP contribution is 2.29. The van der Waals surface area contributed by atoms with Crippen LogP contribution in [0.2, 0.25) is 5.02 Å². The lowest BCUT2D eigenvalue weighted by atomic mass is 10.1. The normalized spacial score (nSPS) is 10.2. The Labute approximate surface area is 130 Å². The van der Waals surface area contributed by atoms with E-state index in [1.807, 2.05) is 12.1 Å². The van der Waals surface area contributed by atoms with Crippen molar-refractivity contribution in [2.75, 3.05) is 18.2 Å². The first kappa shape index (κ1) is 14.7. The van der Waals surface area contributed by atoms with Crippen LogP contribution in [0, 0.1) is 0 Å². The zero-order valence-corrected chi connectivity index (χ0v) is 13.0. The van der Waals surface area contributed by atoms with Crippen LogP contribution >= 0.6 is 27.5 Å². The maximum Gasteiger partial charge on any atom is 0.337 e. The maximum absolute atomic E-state index is 11.5. The second-order valence-corrected chi connectivity index (χ2v) is 5.31. The van der Waals surface area contributed by atoms with Crippen LogP contribution in [0.1, 0.15) is 10.4 Å². The van der Waals surface area contributed by atoms with E-state index < -0.39 is 5.97 Å². The van der Waals surface area contributed by atoms with Gasteiger partial charge in [-0.25, -0.2) is 4.79 Å².